The highest BCUT2D eigenvalue weighted by Gasteiger charge is 2.45. The Bertz CT molecular complexity index is 3500. The van der Waals surface area contributed by atoms with E-state index in [1.807, 2.05) is 0 Å². The normalized spacial score (nSPS) is 16.7. The lowest BCUT2D eigenvalue weighted by Gasteiger charge is -2.25. The van der Waals surface area contributed by atoms with Gasteiger partial charge >= 0.3 is 0 Å². The number of rotatable bonds is 4. The third-order valence-electron chi connectivity index (χ3n) is 17.9. The Morgan fingerprint density at radius 2 is 0.691 bits per heavy atom. The zero-order valence-corrected chi connectivity index (χ0v) is 42.0. The zero-order chi connectivity index (χ0) is 47.1. The van der Waals surface area contributed by atoms with Crippen molar-refractivity contribution in [3.8, 4) is 44.5 Å². The van der Waals surface area contributed by atoms with Crippen molar-refractivity contribution in [2.24, 2.45) is 0 Å². The Morgan fingerprint density at radius 3 is 1.10 bits per heavy atom. The van der Waals surface area contributed by atoms with Crippen LogP contribution in [0, 0.1) is 13.8 Å². The molecule has 0 aliphatic heterocycles. The van der Waals surface area contributed by atoms with E-state index in [-0.39, 0.29) is 27.7 Å². The molecule has 1 nitrogen and oxygen atoms in total. The van der Waals surface area contributed by atoms with Crippen molar-refractivity contribution in [3.63, 3.8) is 0 Å². The quantitative estimate of drug-likeness (QED) is 0.155. The number of hydrogen-bond donors (Lipinski definition) is 0. The van der Waals surface area contributed by atoms with Gasteiger partial charge in [-0.15, -0.1) is 0 Å². The fourth-order valence-electron chi connectivity index (χ4n) is 13.9. The molecule has 0 amide bonds. The molecule has 0 atom stereocenters. The molecule has 0 fully saturated rings. The molecular formula is C67H62N+. The molecule has 0 saturated carbocycles. The van der Waals surface area contributed by atoms with Gasteiger partial charge in [0.1, 0.15) is 0 Å². The second-order valence-electron chi connectivity index (χ2n) is 23.5. The summed E-state index contributed by atoms with van der Waals surface area (Å²) in [7, 11) is 0. The molecule has 9 aromatic rings. The standard InChI is InChI=1S/C67H62N/c1-37(2)40-25-27-68(28-26-40)63(41-21-23-45-49-33-57-51(35-55(49)64(5,6)53(45)31-41)61-47-19-15-13-17-43(47)38(3)29-59(61)66(57,9)10)42-22-24-46-50-34-58-52(36-56(50)65(7,8)54(46)32-42)62-48-20-16-14-18-44(48)39(4)30-60(62)67(58,11)12/h13-37,63H,1-12H3/q+1. The maximum atomic E-state index is 2.58. The summed E-state index contributed by atoms with van der Waals surface area (Å²) in [5.74, 6) is 0.461. The van der Waals surface area contributed by atoms with Crippen molar-refractivity contribution < 1.29 is 4.57 Å². The molecular weight excluding hydrogens is 819 g/mol. The van der Waals surface area contributed by atoms with Crippen molar-refractivity contribution in [2.45, 2.75) is 117 Å². The van der Waals surface area contributed by atoms with Crippen LogP contribution in [0.5, 0.6) is 0 Å². The molecule has 1 heterocycles. The van der Waals surface area contributed by atoms with Crippen LogP contribution in [0.3, 0.4) is 0 Å². The molecule has 68 heavy (non-hydrogen) atoms. The van der Waals surface area contributed by atoms with Gasteiger partial charge in [-0.3, -0.25) is 0 Å². The maximum Gasteiger partial charge on any atom is 0.208 e. The molecule has 4 aliphatic rings. The molecule has 1 aromatic heterocycles. The predicted molar refractivity (Wildman–Crippen MR) is 286 cm³/mol. The summed E-state index contributed by atoms with van der Waals surface area (Å²) in [4.78, 5) is 0. The van der Waals surface area contributed by atoms with E-state index in [4.69, 9.17) is 0 Å². The third-order valence-corrected chi connectivity index (χ3v) is 17.9. The lowest BCUT2D eigenvalue weighted by atomic mass is 9.78. The average molecular weight is 881 g/mol. The maximum absolute atomic E-state index is 2.58. The lowest BCUT2D eigenvalue weighted by molar-refractivity contribution is -0.704. The van der Waals surface area contributed by atoms with E-state index in [0.29, 0.717) is 5.92 Å². The molecule has 8 aromatic carbocycles. The van der Waals surface area contributed by atoms with Crippen LogP contribution in [0.4, 0.5) is 0 Å². The van der Waals surface area contributed by atoms with Crippen molar-refractivity contribution >= 4 is 21.5 Å². The Hall–Kier alpha value is -6.57. The summed E-state index contributed by atoms with van der Waals surface area (Å²) in [6.45, 7) is 28.7. The molecule has 334 valence electrons. The fraction of sp³-hybridized carbons (Fsp3) is 0.269. The summed E-state index contributed by atoms with van der Waals surface area (Å²) in [6.07, 6.45) is 4.65. The van der Waals surface area contributed by atoms with Crippen LogP contribution in [0.2, 0.25) is 0 Å². The molecule has 4 aliphatic carbocycles. The van der Waals surface area contributed by atoms with Gasteiger partial charge in [0.15, 0.2) is 12.4 Å². The minimum atomic E-state index is -0.182. The van der Waals surface area contributed by atoms with Gasteiger partial charge in [0.2, 0.25) is 6.04 Å². The van der Waals surface area contributed by atoms with Gasteiger partial charge in [0.05, 0.1) is 0 Å². The summed E-state index contributed by atoms with van der Waals surface area (Å²) >= 11 is 0. The molecule has 1 heteroatoms. The van der Waals surface area contributed by atoms with Gasteiger partial charge in [-0.05, 0) is 183 Å². The molecule has 0 spiro atoms. The van der Waals surface area contributed by atoms with Crippen LogP contribution in [0.15, 0.2) is 146 Å². The average Bonchev–Trinajstić information content (AvgIpc) is 3.87. The highest BCUT2D eigenvalue weighted by molar-refractivity contribution is 6.06. The van der Waals surface area contributed by atoms with Gasteiger partial charge in [0.25, 0.3) is 0 Å². The molecule has 0 saturated heterocycles. The highest BCUT2D eigenvalue weighted by atomic mass is 15.0. The summed E-state index contributed by atoms with van der Waals surface area (Å²) in [6, 6.07) is 52.8. The second-order valence-corrected chi connectivity index (χ2v) is 23.5. The van der Waals surface area contributed by atoms with Crippen molar-refractivity contribution in [1.29, 1.82) is 0 Å². The van der Waals surface area contributed by atoms with E-state index in [1.165, 1.54) is 138 Å². The first kappa shape index (κ1) is 41.6. The Kier molecular flexibility index (Phi) is 8.30. The summed E-state index contributed by atoms with van der Waals surface area (Å²) in [5.41, 5.74) is 28.8. The number of aromatic nitrogens is 1. The predicted octanol–water partition coefficient (Wildman–Crippen LogP) is 16.9. The van der Waals surface area contributed by atoms with E-state index in [1.54, 1.807) is 0 Å². The minimum absolute atomic E-state index is 0.0123. The number of hydrogen-bond acceptors (Lipinski definition) is 0. The Labute approximate surface area is 403 Å². The van der Waals surface area contributed by atoms with Crippen molar-refractivity contribution in [1.82, 2.24) is 0 Å². The van der Waals surface area contributed by atoms with Gasteiger partial charge in [-0.2, -0.15) is 4.57 Å². The molecule has 0 bridgehead atoms. The van der Waals surface area contributed by atoms with Crippen LogP contribution in [0.1, 0.15) is 154 Å². The van der Waals surface area contributed by atoms with Crippen LogP contribution < -0.4 is 4.57 Å². The van der Waals surface area contributed by atoms with Crippen molar-refractivity contribution in [3.05, 3.63) is 218 Å². The smallest absolute Gasteiger partial charge is 0.194 e. The number of fused-ring (bicyclic) bond motifs is 16. The molecule has 0 radical (unpaired) electrons. The van der Waals surface area contributed by atoms with E-state index in [0.717, 1.165) is 0 Å². The zero-order valence-electron chi connectivity index (χ0n) is 42.0. The van der Waals surface area contributed by atoms with E-state index in [2.05, 4.69) is 234 Å². The first-order valence-electron chi connectivity index (χ1n) is 25.1. The number of nitrogens with zero attached hydrogens (tertiary/aromatic N) is 1. The molecule has 0 N–H and O–H groups in total. The monoisotopic (exact) mass is 880 g/mol. The number of benzene rings is 8. The first-order chi connectivity index (χ1) is 32.4. The van der Waals surface area contributed by atoms with Gasteiger partial charge < -0.3 is 0 Å². The van der Waals surface area contributed by atoms with Crippen LogP contribution in [-0.4, -0.2) is 0 Å². The van der Waals surface area contributed by atoms with Gasteiger partial charge in [0, 0.05) is 44.9 Å². The second kappa shape index (κ2) is 13.6. The van der Waals surface area contributed by atoms with Gasteiger partial charge in [-0.1, -0.05) is 154 Å². The van der Waals surface area contributed by atoms with Crippen LogP contribution in [0.25, 0.3) is 66.1 Å². The van der Waals surface area contributed by atoms with Crippen LogP contribution >= 0.6 is 0 Å². The lowest BCUT2D eigenvalue weighted by Crippen LogP contribution is -2.40. The topological polar surface area (TPSA) is 3.88 Å². The van der Waals surface area contributed by atoms with Gasteiger partial charge in [-0.25, -0.2) is 0 Å². The SMILES string of the molecule is Cc1cc2c(c3ccccc13)-c1cc3c(cc1C2(C)C)-c1ccc(C(c2ccc4c(c2)C(C)(C)c2cc5c(cc2-4)C(C)(C)c2cc(C)c4ccccc4c2-5)[n+]2ccc(C(C)C)cc2)cc1C3(C)C. The Morgan fingerprint density at radius 1 is 0.338 bits per heavy atom. The van der Waals surface area contributed by atoms with E-state index >= 15 is 0 Å². The number of pyridine rings is 1. The van der Waals surface area contributed by atoms with Crippen molar-refractivity contribution in [2.75, 3.05) is 0 Å². The minimum Gasteiger partial charge on any atom is -0.194 e. The summed E-state index contributed by atoms with van der Waals surface area (Å²) in [5, 5.41) is 5.45. The summed E-state index contributed by atoms with van der Waals surface area (Å²) < 4.78 is 2.46. The Balaban J connectivity index is 0.949. The molecule has 13 rings (SSSR count). The third kappa shape index (κ3) is 5.31. The van der Waals surface area contributed by atoms with Crippen LogP contribution in [-0.2, 0) is 21.7 Å². The van der Waals surface area contributed by atoms with E-state index in [9.17, 15) is 0 Å². The fourth-order valence-corrected chi connectivity index (χ4v) is 13.9. The van der Waals surface area contributed by atoms with E-state index < -0.39 is 0 Å². The first-order valence-corrected chi connectivity index (χ1v) is 25.1. The highest BCUT2D eigenvalue weighted by Crippen LogP contribution is 2.60. The number of aryl methyl sites for hydroxylation is 2. The molecule has 0 unspecified atom stereocenters. The largest absolute Gasteiger partial charge is 0.208 e.